The molecule has 2 rings (SSSR count). The maximum absolute atomic E-state index is 12.1. The van der Waals surface area contributed by atoms with Crippen LogP contribution >= 0.6 is 23.2 Å². The number of benzene rings is 2. The molecule has 1 amide bonds. The summed E-state index contributed by atoms with van der Waals surface area (Å²) in [5.41, 5.74) is 1.30. The first-order valence-corrected chi connectivity index (χ1v) is 10.6. The van der Waals surface area contributed by atoms with E-state index in [0.717, 1.165) is 10.6 Å². The molecule has 150 valence electrons. The molecule has 0 unspecified atom stereocenters. The van der Waals surface area contributed by atoms with Crippen LogP contribution in [0.25, 0.3) is 0 Å². The van der Waals surface area contributed by atoms with Crippen LogP contribution in [-0.4, -0.2) is 39.7 Å². The highest BCUT2D eigenvalue weighted by atomic mass is 35.5. The van der Waals surface area contributed by atoms with E-state index in [0.29, 0.717) is 16.3 Å². The van der Waals surface area contributed by atoms with Gasteiger partial charge in [-0.15, -0.1) is 0 Å². The highest BCUT2D eigenvalue weighted by Crippen LogP contribution is 2.25. The molecule has 0 aliphatic carbocycles. The number of anilines is 2. The number of esters is 1. The fourth-order valence-electron chi connectivity index (χ4n) is 2.31. The van der Waals surface area contributed by atoms with E-state index in [1.165, 1.54) is 12.1 Å². The minimum absolute atomic E-state index is 0.270. The molecule has 2 aromatic rings. The lowest BCUT2D eigenvalue weighted by molar-refractivity contribution is -0.145. The predicted octanol–water partition coefficient (Wildman–Crippen LogP) is 3.25. The second-order valence-electron chi connectivity index (χ2n) is 5.89. The maximum Gasteiger partial charge on any atom is 0.327 e. The van der Waals surface area contributed by atoms with Crippen LogP contribution in [0.4, 0.5) is 11.4 Å². The molecule has 0 radical (unpaired) electrons. The number of para-hydroxylation sites is 1. The van der Waals surface area contributed by atoms with Crippen LogP contribution in [0, 0.1) is 6.92 Å². The Morgan fingerprint density at radius 2 is 1.82 bits per heavy atom. The Labute approximate surface area is 173 Å². The normalized spacial score (nSPS) is 11.0. The largest absolute Gasteiger partial charge is 0.454 e. The van der Waals surface area contributed by atoms with Crippen LogP contribution in [-0.2, 0) is 24.3 Å². The number of hydrogen-bond acceptors (Lipinski definition) is 5. The van der Waals surface area contributed by atoms with E-state index in [9.17, 15) is 18.0 Å². The first-order chi connectivity index (χ1) is 13.1. The summed E-state index contributed by atoms with van der Waals surface area (Å²) in [7, 11) is -3.73. The van der Waals surface area contributed by atoms with Crippen LogP contribution in [0.1, 0.15) is 5.56 Å². The van der Waals surface area contributed by atoms with Gasteiger partial charge in [0.2, 0.25) is 10.0 Å². The second-order valence-corrected chi connectivity index (χ2v) is 8.64. The third kappa shape index (κ3) is 6.12. The molecular formula is C18H18Cl2N2O5S. The van der Waals surface area contributed by atoms with Gasteiger partial charge in [-0.25, -0.2) is 8.42 Å². The first kappa shape index (κ1) is 22.0. The Kier molecular flexibility index (Phi) is 7.29. The van der Waals surface area contributed by atoms with Crippen molar-refractivity contribution in [3.05, 3.63) is 58.1 Å². The summed E-state index contributed by atoms with van der Waals surface area (Å²) in [6, 6.07) is 11.2. The van der Waals surface area contributed by atoms with Gasteiger partial charge in [-0.3, -0.25) is 13.9 Å². The monoisotopic (exact) mass is 444 g/mol. The summed E-state index contributed by atoms with van der Waals surface area (Å²) in [5, 5.41) is 3.11. The molecule has 0 spiro atoms. The van der Waals surface area contributed by atoms with E-state index >= 15 is 0 Å². The number of sulfonamides is 1. The summed E-state index contributed by atoms with van der Waals surface area (Å²) in [4.78, 5) is 24.1. The van der Waals surface area contributed by atoms with Gasteiger partial charge in [0.15, 0.2) is 6.61 Å². The van der Waals surface area contributed by atoms with Gasteiger partial charge in [0, 0.05) is 5.02 Å². The first-order valence-electron chi connectivity index (χ1n) is 8.02. The molecule has 0 aliphatic rings. The van der Waals surface area contributed by atoms with Crippen molar-refractivity contribution in [3.63, 3.8) is 0 Å². The van der Waals surface area contributed by atoms with Crippen molar-refractivity contribution in [1.29, 1.82) is 0 Å². The van der Waals surface area contributed by atoms with Gasteiger partial charge in [0.05, 0.1) is 22.7 Å². The molecule has 2 aromatic carbocycles. The van der Waals surface area contributed by atoms with Gasteiger partial charge in [-0.05, 0) is 36.8 Å². The number of rotatable bonds is 7. The van der Waals surface area contributed by atoms with Gasteiger partial charge in [-0.1, -0.05) is 41.4 Å². The van der Waals surface area contributed by atoms with E-state index in [1.807, 2.05) is 0 Å². The Bertz CT molecular complexity index is 995. The Morgan fingerprint density at radius 1 is 1.14 bits per heavy atom. The molecule has 0 fully saturated rings. The number of nitrogens with zero attached hydrogens (tertiary/aromatic N) is 1. The van der Waals surface area contributed by atoms with Crippen molar-refractivity contribution in [3.8, 4) is 0 Å². The van der Waals surface area contributed by atoms with Crippen molar-refractivity contribution in [2.75, 3.05) is 29.0 Å². The van der Waals surface area contributed by atoms with Crippen LogP contribution in [0.5, 0.6) is 0 Å². The van der Waals surface area contributed by atoms with E-state index in [-0.39, 0.29) is 10.7 Å². The topological polar surface area (TPSA) is 92.8 Å². The van der Waals surface area contributed by atoms with Gasteiger partial charge in [0.1, 0.15) is 6.54 Å². The van der Waals surface area contributed by atoms with Crippen LogP contribution in [0.15, 0.2) is 42.5 Å². The Hall–Kier alpha value is -2.29. The zero-order valence-electron chi connectivity index (χ0n) is 15.1. The molecule has 28 heavy (non-hydrogen) atoms. The number of hydrogen-bond donors (Lipinski definition) is 1. The van der Waals surface area contributed by atoms with E-state index < -0.39 is 35.1 Å². The zero-order valence-corrected chi connectivity index (χ0v) is 17.4. The van der Waals surface area contributed by atoms with Crippen molar-refractivity contribution in [2.45, 2.75) is 6.92 Å². The predicted molar refractivity (Wildman–Crippen MR) is 109 cm³/mol. The third-order valence-electron chi connectivity index (χ3n) is 3.62. The Balaban J connectivity index is 2.00. The van der Waals surface area contributed by atoms with E-state index in [4.69, 9.17) is 27.9 Å². The van der Waals surface area contributed by atoms with Gasteiger partial charge in [0.25, 0.3) is 5.91 Å². The molecule has 1 N–H and O–H groups in total. The van der Waals surface area contributed by atoms with E-state index in [1.54, 1.807) is 37.3 Å². The smallest absolute Gasteiger partial charge is 0.327 e. The molecule has 0 saturated heterocycles. The quantitative estimate of drug-likeness (QED) is 0.661. The highest BCUT2D eigenvalue weighted by molar-refractivity contribution is 7.92. The molecular weight excluding hydrogens is 427 g/mol. The van der Waals surface area contributed by atoms with Crippen LogP contribution < -0.4 is 9.62 Å². The SMILES string of the molecule is Cc1ccccc1N(CC(=O)OCC(=O)Nc1cc(Cl)ccc1Cl)S(C)(=O)=O. The zero-order chi connectivity index (χ0) is 20.9. The van der Waals surface area contributed by atoms with Crippen LogP contribution in [0.2, 0.25) is 10.0 Å². The molecule has 0 aromatic heterocycles. The van der Waals surface area contributed by atoms with E-state index in [2.05, 4.69) is 5.32 Å². The second kappa shape index (κ2) is 9.27. The number of carbonyl (C=O) groups excluding carboxylic acids is 2. The summed E-state index contributed by atoms with van der Waals surface area (Å²) < 4.78 is 30.0. The number of nitrogens with one attached hydrogen (secondary N) is 1. The minimum Gasteiger partial charge on any atom is -0.454 e. The molecule has 0 atom stereocenters. The van der Waals surface area contributed by atoms with Gasteiger partial charge >= 0.3 is 5.97 Å². The summed E-state index contributed by atoms with van der Waals surface area (Å²) >= 11 is 11.8. The standard InChI is InChI=1S/C18H18Cl2N2O5S/c1-12-5-3-4-6-16(12)22(28(2,25)26)10-18(24)27-11-17(23)21-15-9-13(19)7-8-14(15)20/h3-9H,10-11H2,1-2H3,(H,21,23). The average Bonchev–Trinajstić information content (AvgIpc) is 2.61. The van der Waals surface area contributed by atoms with Crippen LogP contribution in [0.3, 0.4) is 0 Å². The lowest BCUT2D eigenvalue weighted by Crippen LogP contribution is -2.37. The number of amides is 1. The third-order valence-corrected chi connectivity index (χ3v) is 5.32. The minimum atomic E-state index is -3.73. The highest BCUT2D eigenvalue weighted by Gasteiger charge is 2.23. The van der Waals surface area contributed by atoms with Crippen molar-refractivity contribution in [2.24, 2.45) is 0 Å². The fraction of sp³-hybridized carbons (Fsp3) is 0.222. The summed E-state index contributed by atoms with van der Waals surface area (Å²) in [6.07, 6.45) is 0.987. The lowest BCUT2D eigenvalue weighted by Gasteiger charge is -2.23. The lowest BCUT2D eigenvalue weighted by atomic mass is 10.2. The Morgan fingerprint density at radius 3 is 2.46 bits per heavy atom. The van der Waals surface area contributed by atoms with Gasteiger partial charge in [-0.2, -0.15) is 0 Å². The number of carbonyl (C=O) groups is 2. The van der Waals surface area contributed by atoms with Crippen molar-refractivity contribution < 1.29 is 22.7 Å². The molecule has 0 aliphatic heterocycles. The average molecular weight is 445 g/mol. The van der Waals surface area contributed by atoms with Crippen molar-refractivity contribution >= 4 is 56.5 Å². The number of ether oxygens (including phenoxy) is 1. The molecule has 7 nitrogen and oxygen atoms in total. The molecule has 0 saturated carbocycles. The van der Waals surface area contributed by atoms with Gasteiger partial charge < -0.3 is 10.1 Å². The summed E-state index contributed by atoms with van der Waals surface area (Å²) in [6.45, 7) is 0.558. The van der Waals surface area contributed by atoms with Crippen molar-refractivity contribution in [1.82, 2.24) is 0 Å². The number of aryl methyl sites for hydroxylation is 1. The fourth-order valence-corrected chi connectivity index (χ4v) is 3.55. The summed E-state index contributed by atoms with van der Waals surface area (Å²) in [5.74, 6) is -1.51. The molecule has 0 bridgehead atoms. The maximum atomic E-state index is 12.1. The molecule has 10 heteroatoms. The number of halogens is 2. The molecule has 0 heterocycles.